The molecular formula is C8H15ClN2O3. The van der Waals surface area contributed by atoms with Gasteiger partial charge in [0.2, 0.25) is 0 Å². The van der Waals surface area contributed by atoms with Crippen LogP contribution < -0.4 is 0 Å². The van der Waals surface area contributed by atoms with Crippen LogP contribution in [0.1, 0.15) is 19.8 Å². The second-order valence-electron chi connectivity index (χ2n) is 3.00. The van der Waals surface area contributed by atoms with Gasteiger partial charge in [-0.25, -0.2) is 14.5 Å². The number of nitrogens with zero attached hydrogens (tertiary/aromatic N) is 2. The summed E-state index contributed by atoms with van der Waals surface area (Å²) in [6.45, 7) is 3.23. The van der Waals surface area contributed by atoms with E-state index in [2.05, 4.69) is 0 Å². The van der Waals surface area contributed by atoms with Crippen molar-refractivity contribution in [3.63, 3.8) is 0 Å². The summed E-state index contributed by atoms with van der Waals surface area (Å²) in [5.41, 5.74) is 0. The number of carbonyl (C=O) groups excluding carboxylic acids is 1. The molecule has 0 aliphatic carbocycles. The number of urea groups is 1. The molecule has 0 radical (unpaired) electrons. The van der Waals surface area contributed by atoms with Gasteiger partial charge in [-0.15, -0.1) is 12.4 Å². The molecule has 1 saturated heterocycles. The van der Waals surface area contributed by atoms with Crippen molar-refractivity contribution in [2.24, 2.45) is 0 Å². The molecular weight excluding hydrogens is 208 g/mol. The van der Waals surface area contributed by atoms with Crippen molar-refractivity contribution in [3.05, 3.63) is 0 Å². The number of carboxylic acid groups (broad SMARTS) is 1. The lowest BCUT2D eigenvalue weighted by Crippen LogP contribution is -2.44. The lowest BCUT2D eigenvalue weighted by Gasteiger charge is -2.22. The monoisotopic (exact) mass is 222 g/mol. The van der Waals surface area contributed by atoms with E-state index in [1.807, 2.05) is 0 Å². The van der Waals surface area contributed by atoms with Crippen LogP contribution in [-0.4, -0.2) is 46.7 Å². The number of imide groups is 1. The number of halogens is 1. The average Bonchev–Trinajstić information content (AvgIpc) is 2.56. The SMILES string of the molecule is CCN(C(=O)O)C(=O)N1CCCC1.Cl. The highest BCUT2D eigenvalue weighted by Gasteiger charge is 2.26. The third kappa shape index (κ3) is 2.77. The largest absolute Gasteiger partial charge is 0.465 e. The Kier molecular flexibility index (Phi) is 5.30. The molecule has 0 unspecified atom stereocenters. The predicted molar refractivity (Wildman–Crippen MR) is 53.9 cm³/mol. The molecule has 1 N–H and O–H groups in total. The first-order chi connectivity index (χ1) is 6.16. The van der Waals surface area contributed by atoms with Crippen LogP contribution >= 0.6 is 12.4 Å². The fraction of sp³-hybridized carbons (Fsp3) is 0.750. The Bertz CT molecular complexity index is 217. The maximum atomic E-state index is 11.5. The van der Waals surface area contributed by atoms with Crippen LogP contribution in [0.3, 0.4) is 0 Å². The van der Waals surface area contributed by atoms with Gasteiger partial charge in [0, 0.05) is 19.6 Å². The minimum absolute atomic E-state index is 0. The normalized spacial score (nSPS) is 14.8. The molecule has 0 aromatic rings. The van der Waals surface area contributed by atoms with E-state index < -0.39 is 6.09 Å². The van der Waals surface area contributed by atoms with Crippen molar-refractivity contribution in [1.29, 1.82) is 0 Å². The molecule has 1 aliphatic heterocycles. The van der Waals surface area contributed by atoms with Gasteiger partial charge < -0.3 is 10.0 Å². The molecule has 14 heavy (non-hydrogen) atoms. The maximum absolute atomic E-state index is 11.5. The maximum Gasteiger partial charge on any atom is 0.415 e. The Hall–Kier alpha value is -0.970. The zero-order valence-electron chi connectivity index (χ0n) is 8.10. The fourth-order valence-corrected chi connectivity index (χ4v) is 1.43. The molecule has 5 nitrogen and oxygen atoms in total. The summed E-state index contributed by atoms with van der Waals surface area (Å²) >= 11 is 0. The quantitative estimate of drug-likeness (QED) is 0.734. The van der Waals surface area contributed by atoms with Gasteiger partial charge in [-0.1, -0.05) is 0 Å². The van der Waals surface area contributed by atoms with Crippen molar-refractivity contribution < 1.29 is 14.7 Å². The van der Waals surface area contributed by atoms with Gasteiger partial charge in [-0.05, 0) is 19.8 Å². The third-order valence-electron chi connectivity index (χ3n) is 2.15. The van der Waals surface area contributed by atoms with Gasteiger partial charge in [-0.3, -0.25) is 0 Å². The lowest BCUT2D eigenvalue weighted by molar-refractivity contribution is 0.135. The molecule has 1 fully saturated rings. The van der Waals surface area contributed by atoms with Gasteiger partial charge in [0.25, 0.3) is 0 Å². The lowest BCUT2D eigenvalue weighted by atomic mass is 10.4. The summed E-state index contributed by atoms with van der Waals surface area (Å²) in [5, 5.41) is 8.68. The smallest absolute Gasteiger partial charge is 0.415 e. The highest BCUT2D eigenvalue weighted by Crippen LogP contribution is 2.10. The number of carbonyl (C=O) groups is 2. The third-order valence-corrected chi connectivity index (χ3v) is 2.15. The first kappa shape index (κ1) is 13.0. The van der Waals surface area contributed by atoms with Gasteiger partial charge in [-0.2, -0.15) is 0 Å². The van der Waals surface area contributed by atoms with Crippen molar-refractivity contribution in [2.45, 2.75) is 19.8 Å². The Morgan fingerprint density at radius 3 is 2.21 bits per heavy atom. The molecule has 6 heteroatoms. The molecule has 0 atom stereocenters. The minimum atomic E-state index is -1.17. The molecule has 1 rings (SSSR count). The molecule has 0 saturated carbocycles. The number of likely N-dealkylation sites (tertiary alicyclic amines) is 1. The summed E-state index contributed by atoms with van der Waals surface area (Å²) < 4.78 is 0. The summed E-state index contributed by atoms with van der Waals surface area (Å²) in [5.74, 6) is 0. The molecule has 0 aromatic carbocycles. The number of amides is 3. The molecule has 0 aromatic heterocycles. The van der Waals surface area contributed by atoms with Crippen LogP contribution in [0.2, 0.25) is 0 Å². The van der Waals surface area contributed by atoms with E-state index in [-0.39, 0.29) is 25.0 Å². The summed E-state index contributed by atoms with van der Waals surface area (Å²) in [4.78, 5) is 24.5. The van der Waals surface area contributed by atoms with Crippen LogP contribution in [0.15, 0.2) is 0 Å². The van der Waals surface area contributed by atoms with Gasteiger partial charge in [0.1, 0.15) is 0 Å². The molecule has 3 amide bonds. The van der Waals surface area contributed by atoms with Crippen molar-refractivity contribution in [2.75, 3.05) is 19.6 Å². The zero-order valence-corrected chi connectivity index (χ0v) is 8.92. The van der Waals surface area contributed by atoms with Crippen LogP contribution in [0.4, 0.5) is 9.59 Å². The highest BCUT2D eigenvalue weighted by molar-refractivity contribution is 5.90. The second-order valence-corrected chi connectivity index (χ2v) is 3.00. The predicted octanol–water partition coefficient (Wildman–Crippen LogP) is 1.62. The first-order valence-electron chi connectivity index (χ1n) is 4.46. The number of hydrogen-bond acceptors (Lipinski definition) is 2. The van der Waals surface area contributed by atoms with Crippen molar-refractivity contribution in [3.8, 4) is 0 Å². The van der Waals surface area contributed by atoms with Crippen LogP contribution in [0.25, 0.3) is 0 Å². The fourth-order valence-electron chi connectivity index (χ4n) is 1.43. The average molecular weight is 223 g/mol. The molecule has 0 bridgehead atoms. The topological polar surface area (TPSA) is 60.9 Å². The summed E-state index contributed by atoms with van der Waals surface area (Å²) in [7, 11) is 0. The molecule has 0 spiro atoms. The van der Waals surface area contributed by atoms with E-state index >= 15 is 0 Å². The zero-order chi connectivity index (χ0) is 9.84. The van der Waals surface area contributed by atoms with Gasteiger partial charge in [0.15, 0.2) is 0 Å². The van der Waals surface area contributed by atoms with Crippen molar-refractivity contribution in [1.82, 2.24) is 9.80 Å². The molecule has 1 aliphatic rings. The Morgan fingerprint density at radius 2 is 1.86 bits per heavy atom. The number of hydrogen-bond donors (Lipinski definition) is 1. The second kappa shape index (κ2) is 5.70. The van der Waals surface area contributed by atoms with Crippen molar-refractivity contribution >= 4 is 24.5 Å². The van der Waals surface area contributed by atoms with Crippen LogP contribution in [-0.2, 0) is 0 Å². The van der Waals surface area contributed by atoms with Gasteiger partial charge >= 0.3 is 12.1 Å². The van der Waals surface area contributed by atoms with E-state index in [0.717, 1.165) is 17.7 Å². The van der Waals surface area contributed by atoms with E-state index in [4.69, 9.17) is 5.11 Å². The van der Waals surface area contributed by atoms with Crippen LogP contribution in [0, 0.1) is 0 Å². The summed E-state index contributed by atoms with van der Waals surface area (Å²) in [6, 6.07) is -0.382. The first-order valence-corrected chi connectivity index (χ1v) is 4.46. The van der Waals surface area contributed by atoms with E-state index in [9.17, 15) is 9.59 Å². The molecule has 82 valence electrons. The Balaban J connectivity index is 0.00000169. The molecule has 1 heterocycles. The van der Waals surface area contributed by atoms with E-state index in [1.165, 1.54) is 0 Å². The highest BCUT2D eigenvalue weighted by atomic mass is 35.5. The number of rotatable bonds is 1. The van der Waals surface area contributed by atoms with Crippen LogP contribution in [0.5, 0.6) is 0 Å². The van der Waals surface area contributed by atoms with E-state index in [0.29, 0.717) is 13.1 Å². The summed E-state index contributed by atoms with van der Waals surface area (Å²) in [6.07, 6.45) is 0.783. The standard InChI is InChI=1S/C8H14N2O3.ClH/c1-2-10(8(12)13)7(11)9-5-3-4-6-9;/h2-6H2,1H3,(H,12,13);1H. The van der Waals surface area contributed by atoms with Gasteiger partial charge in [0.05, 0.1) is 0 Å². The Morgan fingerprint density at radius 1 is 1.36 bits per heavy atom. The Labute approximate surface area is 89.1 Å². The van der Waals surface area contributed by atoms with E-state index in [1.54, 1.807) is 11.8 Å². The minimum Gasteiger partial charge on any atom is -0.465 e.